The van der Waals surface area contributed by atoms with Crippen molar-refractivity contribution in [2.45, 2.75) is 25.3 Å². The van der Waals surface area contributed by atoms with Crippen molar-refractivity contribution in [3.05, 3.63) is 28.7 Å². The maximum Gasteiger partial charge on any atom is 0.271 e. The Morgan fingerprint density at radius 1 is 1.29 bits per heavy atom. The van der Waals surface area contributed by atoms with E-state index in [0.29, 0.717) is 12.1 Å². The van der Waals surface area contributed by atoms with Crippen LogP contribution in [0.1, 0.15) is 19.3 Å². The Bertz CT molecular complexity index is 822. The second-order valence-corrected chi connectivity index (χ2v) is 8.86. The first kappa shape index (κ1) is 17.1. The molecule has 2 amide bonds. The summed E-state index contributed by atoms with van der Waals surface area (Å²) in [6.45, 7) is 0. The highest BCUT2D eigenvalue weighted by molar-refractivity contribution is 9.10. The van der Waals surface area contributed by atoms with Crippen molar-refractivity contribution < 1.29 is 18.0 Å². The Kier molecular flexibility index (Phi) is 4.73. The lowest BCUT2D eigenvalue weighted by atomic mass is 10.1. The number of nitrogens with one attached hydrogen (secondary N) is 1. The summed E-state index contributed by atoms with van der Waals surface area (Å²) in [6.07, 6.45) is 0.751. The van der Waals surface area contributed by atoms with E-state index in [-0.39, 0.29) is 41.9 Å². The predicted molar refractivity (Wildman–Crippen MR) is 93.3 cm³/mol. The first-order valence-corrected chi connectivity index (χ1v) is 10.1. The second-order valence-electron chi connectivity index (χ2n) is 5.78. The quantitative estimate of drug-likeness (QED) is 0.812. The second kappa shape index (κ2) is 6.64. The van der Waals surface area contributed by atoms with Gasteiger partial charge in [0.2, 0.25) is 5.91 Å². The Morgan fingerprint density at radius 2 is 2.04 bits per heavy atom. The van der Waals surface area contributed by atoms with Gasteiger partial charge in [0, 0.05) is 17.3 Å². The fraction of sp³-hybridized carbons (Fsp3) is 0.400. The molecule has 7 nitrogen and oxygen atoms in total. The summed E-state index contributed by atoms with van der Waals surface area (Å²) in [5.74, 6) is -0.675. The molecule has 1 aromatic carbocycles. The van der Waals surface area contributed by atoms with Crippen LogP contribution in [0.2, 0.25) is 0 Å². The first-order chi connectivity index (χ1) is 11.4. The molecule has 24 heavy (non-hydrogen) atoms. The van der Waals surface area contributed by atoms with Crippen molar-refractivity contribution >= 4 is 49.0 Å². The zero-order valence-electron chi connectivity index (χ0n) is 12.7. The van der Waals surface area contributed by atoms with Crippen LogP contribution < -0.4 is 5.32 Å². The van der Waals surface area contributed by atoms with Crippen LogP contribution in [0.3, 0.4) is 0 Å². The van der Waals surface area contributed by atoms with Crippen LogP contribution in [-0.4, -0.2) is 48.5 Å². The number of hydrogen-bond acceptors (Lipinski definition) is 5. The highest BCUT2D eigenvalue weighted by Gasteiger charge is 2.37. The monoisotopic (exact) mass is 413 g/mol. The molecule has 0 aliphatic carbocycles. The summed E-state index contributed by atoms with van der Waals surface area (Å²) in [5.41, 5.74) is 0.840. The summed E-state index contributed by atoms with van der Waals surface area (Å²) in [4.78, 5) is 24.5. The Hall–Kier alpha value is -1.74. The van der Waals surface area contributed by atoms with E-state index < -0.39 is 15.9 Å². The molecular weight excluding hydrogens is 398 g/mol. The van der Waals surface area contributed by atoms with E-state index in [9.17, 15) is 18.0 Å². The van der Waals surface area contributed by atoms with E-state index in [1.807, 2.05) is 6.07 Å². The summed E-state index contributed by atoms with van der Waals surface area (Å²) < 4.78 is 24.0. The zero-order chi connectivity index (χ0) is 17.3. The van der Waals surface area contributed by atoms with Crippen molar-refractivity contribution in [2.24, 2.45) is 5.10 Å². The number of hydrogen-bond donors (Lipinski definition) is 1. The van der Waals surface area contributed by atoms with Crippen molar-refractivity contribution in [3.8, 4) is 0 Å². The van der Waals surface area contributed by atoms with Crippen LogP contribution in [0.5, 0.6) is 0 Å². The van der Waals surface area contributed by atoms with Gasteiger partial charge in [-0.05, 0) is 34.5 Å². The number of carbonyl (C=O) groups is 2. The molecule has 0 bridgehead atoms. The number of rotatable bonds is 3. The number of amides is 2. The molecule has 0 aromatic heterocycles. The number of nitrogens with zero attached hydrogens (tertiary/aromatic N) is 2. The van der Waals surface area contributed by atoms with Crippen LogP contribution in [-0.2, 0) is 19.4 Å². The third-order valence-electron chi connectivity index (χ3n) is 4.00. The zero-order valence-corrected chi connectivity index (χ0v) is 15.1. The van der Waals surface area contributed by atoms with Crippen molar-refractivity contribution in [1.82, 2.24) is 5.01 Å². The topological polar surface area (TPSA) is 95.9 Å². The molecule has 9 heteroatoms. The minimum atomic E-state index is -3.13. The minimum Gasteiger partial charge on any atom is -0.320 e. The van der Waals surface area contributed by atoms with Gasteiger partial charge in [0.25, 0.3) is 5.91 Å². The summed E-state index contributed by atoms with van der Waals surface area (Å²) in [5, 5.41) is 8.08. The van der Waals surface area contributed by atoms with Crippen molar-refractivity contribution in [3.63, 3.8) is 0 Å². The van der Waals surface area contributed by atoms with Crippen LogP contribution in [0.25, 0.3) is 0 Å². The third kappa shape index (κ3) is 3.67. The Balaban J connectivity index is 1.78. The number of sulfone groups is 1. The minimum absolute atomic E-state index is 0.0511. The molecule has 0 radical (unpaired) electrons. The molecule has 3 rings (SSSR count). The van der Waals surface area contributed by atoms with Gasteiger partial charge in [0.15, 0.2) is 9.84 Å². The molecule has 1 N–H and O–H groups in total. The van der Waals surface area contributed by atoms with Crippen LogP contribution >= 0.6 is 15.9 Å². The average Bonchev–Trinajstić information content (AvgIpc) is 2.90. The van der Waals surface area contributed by atoms with Gasteiger partial charge in [-0.3, -0.25) is 9.59 Å². The molecular formula is C15H16BrN3O4S. The standard InChI is InChI=1S/C15H16BrN3O4S/c16-11-3-1-2-4-12(11)17-15(21)13-5-6-14(20)19(18-13)10-7-8-24(22,23)9-10/h1-4,10H,5-9H2,(H,17,21)/t10-/m0/s1. The van der Waals surface area contributed by atoms with Gasteiger partial charge in [-0.1, -0.05) is 12.1 Å². The van der Waals surface area contributed by atoms with E-state index in [2.05, 4.69) is 26.3 Å². The lowest BCUT2D eigenvalue weighted by molar-refractivity contribution is -0.133. The van der Waals surface area contributed by atoms with Crippen LogP contribution in [0, 0.1) is 0 Å². The fourth-order valence-corrected chi connectivity index (χ4v) is 4.82. The average molecular weight is 414 g/mol. The molecule has 128 valence electrons. The molecule has 0 unspecified atom stereocenters. The molecule has 2 heterocycles. The number of benzene rings is 1. The van der Waals surface area contributed by atoms with Crippen LogP contribution in [0.15, 0.2) is 33.8 Å². The Labute approximate surface area is 148 Å². The van der Waals surface area contributed by atoms with E-state index >= 15 is 0 Å². The van der Waals surface area contributed by atoms with Gasteiger partial charge in [-0.2, -0.15) is 5.10 Å². The summed E-state index contributed by atoms with van der Waals surface area (Å²) in [7, 11) is -3.13. The number of anilines is 1. The number of halogens is 1. The van der Waals surface area contributed by atoms with Crippen LogP contribution in [0.4, 0.5) is 5.69 Å². The van der Waals surface area contributed by atoms with E-state index in [4.69, 9.17) is 0 Å². The molecule has 0 spiro atoms. The Morgan fingerprint density at radius 3 is 2.71 bits per heavy atom. The van der Waals surface area contributed by atoms with E-state index in [0.717, 1.165) is 4.47 Å². The lowest BCUT2D eigenvalue weighted by Gasteiger charge is -2.27. The van der Waals surface area contributed by atoms with Gasteiger partial charge in [0.1, 0.15) is 5.71 Å². The highest BCUT2D eigenvalue weighted by atomic mass is 79.9. The molecule has 1 atom stereocenters. The summed E-state index contributed by atoms with van der Waals surface area (Å²) in [6, 6.07) is 6.70. The number of para-hydroxylation sites is 1. The first-order valence-electron chi connectivity index (χ1n) is 7.51. The normalized spacial score (nSPS) is 23.0. The third-order valence-corrected chi connectivity index (χ3v) is 6.44. The predicted octanol–water partition coefficient (Wildman–Crippen LogP) is 1.55. The van der Waals surface area contributed by atoms with E-state index in [1.54, 1.807) is 18.2 Å². The molecule has 1 aromatic rings. The van der Waals surface area contributed by atoms with Gasteiger partial charge in [-0.25, -0.2) is 13.4 Å². The molecule has 2 aliphatic heterocycles. The van der Waals surface area contributed by atoms with Crippen molar-refractivity contribution in [1.29, 1.82) is 0 Å². The SMILES string of the molecule is O=C(Nc1ccccc1Br)C1=NN([C@H]2CCS(=O)(=O)C2)C(=O)CC1. The largest absolute Gasteiger partial charge is 0.320 e. The maximum absolute atomic E-state index is 12.4. The number of hydrazone groups is 1. The highest BCUT2D eigenvalue weighted by Crippen LogP contribution is 2.24. The number of carbonyl (C=O) groups excluding carboxylic acids is 2. The molecule has 1 saturated heterocycles. The maximum atomic E-state index is 12.4. The molecule has 0 saturated carbocycles. The summed E-state index contributed by atoms with van der Waals surface area (Å²) >= 11 is 3.35. The molecule has 1 fully saturated rings. The smallest absolute Gasteiger partial charge is 0.271 e. The van der Waals surface area contributed by atoms with Gasteiger partial charge >= 0.3 is 0 Å². The van der Waals surface area contributed by atoms with Crippen molar-refractivity contribution in [2.75, 3.05) is 16.8 Å². The van der Waals surface area contributed by atoms with Gasteiger partial charge < -0.3 is 5.32 Å². The van der Waals surface area contributed by atoms with Gasteiger partial charge in [-0.15, -0.1) is 0 Å². The van der Waals surface area contributed by atoms with Gasteiger partial charge in [0.05, 0.1) is 23.2 Å². The molecule has 2 aliphatic rings. The van der Waals surface area contributed by atoms with E-state index in [1.165, 1.54) is 5.01 Å². The lowest BCUT2D eigenvalue weighted by Crippen LogP contribution is -2.42. The fourth-order valence-electron chi connectivity index (χ4n) is 2.75.